The molecular formula is C13H15ClN2O5. The van der Waals surface area contributed by atoms with Crippen molar-refractivity contribution in [2.45, 2.75) is 18.9 Å². The molecule has 7 nitrogen and oxygen atoms in total. The zero-order valence-corrected chi connectivity index (χ0v) is 12.0. The maximum atomic E-state index is 11.9. The van der Waals surface area contributed by atoms with Crippen molar-refractivity contribution >= 4 is 35.1 Å². The Kier molecular flexibility index (Phi) is 5.98. The molecule has 4 N–H and O–H groups in total. The van der Waals surface area contributed by atoms with E-state index >= 15 is 0 Å². The first kappa shape index (κ1) is 16.8. The van der Waals surface area contributed by atoms with Crippen LogP contribution in [0.2, 0.25) is 5.02 Å². The third kappa shape index (κ3) is 4.96. The quantitative estimate of drug-likeness (QED) is 0.533. The van der Waals surface area contributed by atoms with Crippen LogP contribution in [-0.2, 0) is 14.3 Å². The number of ether oxygens (including phenoxy) is 1. The van der Waals surface area contributed by atoms with Gasteiger partial charge in [-0.15, -0.1) is 0 Å². The monoisotopic (exact) mass is 314 g/mol. The standard InChI is InChI=1S/C13H15ClN2O5/c1-21-11(17)5-4-10(13(19)20)16-12(18)7-2-3-8(14)9(15)6-7/h2-3,6,10H,4-5,15H2,1H3,(H,16,18)(H,19,20)/t10-/m0/s1. The summed E-state index contributed by atoms with van der Waals surface area (Å²) in [6.07, 6.45) is -0.187. The van der Waals surface area contributed by atoms with E-state index in [0.717, 1.165) is 0 Å². The molecule has 0 fully saturated rings. The first-order chi connectivity index (χ1) is 9.85. The largest absolute Gasteiger partial charge is 0.480 e. The van der Waals surface area contributed by atoms with Crippen molar-refractivity contribution in [1.29, 1.82) is 0 Å². The lowest BCUT2D eigenvalue weighted by atomic mass is 10.1. The number of benzene rings is 1. The molecule has 1 amide bonds. The zero-order chi connectivity index (χ0) is 16.0. The van der Waals surface area contributed by atoms with Crippen molar-refractivity contribution in [3.8, 4) is 0 Å². The Bertz CT molecular complexity index is 561. The Morgan fingerprint density at radius 1 is 1.43 bits per heavy atom. The van der Waals surface area contributed by atoms with Crippen LogP contribution in [-0.4, -0.2) is 36.1 Å². The highest BCUT2D eigenvalue weighted by atomic mass is 35.5. The van der Waals surface area contributed by atoms with Gasteiger partial charge in [-0.1, -0.05) is 11.6 Å². The van der Waals surface area contributed by atoms with Crippen LogP contribution < -0.4 is 11.1 Å². The minimum atomic E-state index is -1.24. The van der Waals surface area contributed by atoms with Crippen molar-refractivity contribution in [3.63, 3.8) is 0 Å². The number of halogens is 1. The van der Waals surface area contributed by atoms with Crippen LogP contribution >= 0.6 is 11.6 Å². The number of esters is 1. The summed E-state index contributed by atoms with van der Waals surface area (Å²) in [4.78, 5) is 34.0. The molecule has 8 heteroatoms. The molecule has 0 spiro atoms. The van der Waals surface area contributed by atoms with E-state index in [-0.39, 0.29) is 24.1 Å². The molecule has 0 unspecified atom stereocenters. The van der Waals surface area contributed by atoms with Gasteiger partial charge in [0.2, 0.25) is 0 Å². The van der Waals surface area contributed by atoms with Gasteiger partial charge in [0, 0.05) is 12.0 Å². The van der Waals surface area contributed by atoms with E-state index in [0.29, 0.717) is 5.02 Å². The summed E-state index contributed by atoms with van der Waals surface area (Å²) < 4.78 is 4.42. The minimum absolute atomic E-state index is 0.0726. The lowest BCUT2D eigenvalue weighted by Crippen LogP contribution is -2.41. The van der Waals surface area contributed by atoms with Gasteiger partial charge in [-0.05, 0) is 24.6 Å². The number of rotatable bonds is 6. The fourth-order valence-electron chi connectivity index (χ4n) is 1.55. The van der Waals surface area contributed by atoms with Gasteiger partial charge >= 0.3 is 11.9 Å². The van der Waals surface area contributed by atoms with Gasteiger partial charge in [0.1, 0.15) is 6.04 Å². The van der Waals surface area contributed by atoms with E-state index in [9.17, 15) is 14.4 Å². The van der Waals surface area contributed by atoms with Crippen molar-refractivity contribution in [1.82, 2.24) is 5.32 Å². The SMILES string of the molecule is COC(=O)CC[C@H](NC(=O)c1ccc(Cl)c(N)c1)C(=O)O. The minimum Gasteiger partial charge on any atom is -0.480 e. The average Bonchev–Trinajstić information content (AvgIpc) is 2.45. The highest BCUT2D eigenvalue weighted by Gasteiger charge is 2.22. The number of carboxylic acids is 1. The van der Waals surface area contributed by atoms with Gasteiger partial charge in [-0.2, -0.15) is 0 Å². The van der Waals surface area contributed by atoms with Crippen molar-refractivity contribution in [2.75, 3.05) is 12.8 Å². The maximum absolute atomic E-state index is 11.9. The predicted octanol–water partition coefficient (Wildman–Crippen LogP) is 1.06. The molecule has 0 heterocycles. The van der Waals surface area contributed by atoms with Gasteiger partial charge < -0.3 is 20.9 Å². The second-order valence-electron chi connectivity index (χ2n) is 4.22. The molecule has 0 bridgehead atoms. The molecular weight excluding hydrogens is 300 g/mol. The Morgan fingerprint density at radius 3 is 2.62 bits per heavy atom. The molecule has 0 saturated heterocycles. The van der Waals surface area contributed by atoms with Crippen molar-refractivity contribution < 1.29 is 24.2 Å². The number of hydrogen-bond donors (Lipinski definition) is 3. The second kappa shape index (κ2) is 7.49. The first-order valence-electron chi connectivity index (χ1n) is 6.00. The topological polar surface area (TPSA) is 119 Å². The summed E-state index contributed by atoms with van der Waals surface area (Å²) in [6.45, 7) is 0. The van der Waals surface area contributed by atoms with Crippen molar-refractivity contribution in [2.24, 2.45) is 0 Å². The van der Waals surface area contributed by atoms with Crippen LogP contribution in [0.1, 0.15) is 23.2 Å². The fraction of sp³-hybridized carbons (Fsp3) is 0.308. The van der Waals surface area contributed by atoms with Gasteiger partial charge in [-0.3, -0.25) is 9.59 Å². The number of amides is 1. The van der Waals surface area contributed by atoms with Crippen LogP contribution in [0.15, 0.2) is 18.2 Å². The summed E-state index contributed by atoms with van der Waals surface area (Å²) in [6, 6.07) is 3.01. The second-order valence-corrected chi connectivity index (χ2v) is 4.62. The molecule has 1 aromatic rings. The lowest BCUT2D eigenvalue weighted by Gasteiger charge is -2.14. The molecule has 114 valence electrons. The van der Waals surface area contributed by atoms with E-state index in [4.69, 9.17) is 22.4 Å². The van der Waals surface area contributed by atoms with E-state index in [1.165, 1.54) is 25.3 Å². The summed E-state index contributed by atoms with van der Waals surface area (Å²) in [7, 11) is 1.20. The Morgan fingerprint density at radius 2 is 2.10 bits per heavy atom. The number of carbonyl (C=O) groups is 3. The third-order valence-corrected chi connectivity index (χ3v) is 3.07. The van der Waals surface area contributed by atoms with E-state index in [1.54, 1.807) is 0 Å². The van der Waals surface area contributed by atoms with Gasteiger partial charge in [-0.25, -0.2) is 4.79 Å². The first-order valence-corrected chi connectivity index (χ1v) is 6.38. The smallest absolute Gasteiger partial charge is 0.326 e. The average molecular weight is 315 g/mol. The number of carbonyl (C=O) groups excluding carboxylic acids is 2. The van der Waals surface area contributed by atoms with E-state index in [2.05, 4.69) is 10.1 Å². The predicted molar refractivity (Wildman–Crippen MR) is 76.0 cm³/mol. The number of anilines is 1. The number of methoxy groups -OCH3 is 1. The number of carboxylic acid groups (broad SMARTS) is 1. The molecule has 0 aromatic heterocycles. The maximum Gasteiger partial charge on any atom is 0.326 e. The van der Waals surface area contributed by atoms with Gasteiger partial charge in [0.05, 0.1) is 17.8 Å². The Hall–Kier alpha value is -2.28. The highest BCUT2D eigenvalue weighted by molar-refractivity contribution is 6.33. The number of nitrogens with one attached hydrogen (secondary N) is 1. The normalized spacial score (nSPS) is 11.5. The van der Waals surface area contributed by atoms with Crippen LogP contribution in [0.4, 0.5) is 5.69 Å². The highest BCUT2D eigenvalue weighted by Crippen LogP contribution is 2.19. The fourth-order valence-corrected chi connectivity index (χ4v) is 1.67. The van der Waals surface area contributed by atoms with E-state index in [1.807, 2.05) is 0 Å². The van der Waals surface area contributed by atoms with Gasteiger partial charge in [0.15, 0.2) is 0 Å². The van der Waals surface area contributed by atoms with Crippen LogP contribution in [0.3, 0.4) is 0 Å². The molecule has 21 heavy (non-hydrogen) atoms. The van der Waals surface area contributed by atoms with Crippen molar-refractivity contribution in [3.05, 3.63) is 28.8 Å². The summed E-state index contributed by atoms with van der Waals surface area (Å²) in [5.74, 6) is -2.41. The molecule has 0 aliphatic rings. The Labute approximate surface area is 126 Å². The molecule has 0 radical (unpaired) electrons. The third-order valence-electron chi connectivity index (χ3n) is 2.73. The zero-order valence-electron chi connectivity index (χ0n) is 11.3. The Balaban J connectivity index is 2.74. The molecule has 0 aliphatic heterocycles. The molecule has 1 aromatic carbocycles. The van der Waals surface area contributed by atoms with Gasteiger partial charge in [0.25, 0.3) is 5.91 Å². The number of aliphatic carboxylic acids is 1. The summed E-state index contributed by atoms with van der Waals surface area (Å²) >= 11 is 5.74. The molecule has 1 atom stereocenters. The summed E-state index contributed by atoms with van der Waals surface area (Å²) in [5.41, 5.74) is 5.97. The summed E-state index contributed by atoms with van der Waals surface area (Å²) in [5, 5.41) is 11.7. The van der Waals surface area contributed by atoms with Crippen LogP contribution in [0, 0.1) is 0 Å². The van der Waals surface area contributed by atoms with E-state index < -0.39 is 23.9 Å². The lowest BCUT2D eigenvalue weighted by molar-refractivity contribution is -0.142. The van der Waals surface area contributed by atoms with Crippen LogP contribution in [0.25, 0.3) is 0 Å². The number of nitrogens with two attached hydrogens (primary N) is 1. The molecule has 0 saturated carbocycles. The molecule has 1 rings (SSSR count). The number of hydrogen-bond acceptors (Lipinski definition) is 5. The number of nitrogen functional groups attached to an aromatic ring is 1. The molecule has 0 aliphatic carbocycles. The van der Waals surface area contributed by atoms with Crippen LogP contribution in [0.5, 0.6) is 0 Å².